The standard InChI is InChI=1S/C19H26N4/c1-15-20-18(22-16-10-6-3-4-7-11-16)14-19(21-15)23(2)17-12-8-5-9-13-17/h5,8-9,12-14,16H,3-4,6-7,10-11H2,1-2H3,(H,20,21,22). The summed E-state index contributed by atoms with van der Waals surface area (Å²) in [6.07, 6.45) is 7.85. The molecule has 3 rings (SSSR count). The lowest BCUT2D eigenvalue weighted by Crippen LogP contribution is -2.20. The number of anilines is 3. The van der Waals surface area contributed by atoms with Crippen molar-refractivity contribution in [1.29, 1.82) is 0 Å². The van der Waals surface area contributed by atoms with Gasteiger partial charge in [0.05, 0.1) is 0 Å². The molecular formula is C19H26N4. The van der Waals surface area contributed by atoms with Gasteiger partial charge in [-0.05, 0) is 31.9 Å². The number of aromatic nitrogens is 2. The lowest BCUT2D eigenvalue weighted by Gasteiger charge is -2.21. The highest BCUT2D eigenvalue weighted by Crippen LogP contribution is 2.25. The van der Waals surface area contributed by atoms with Crippen LogP contribution < -0.4 is 10.2 Å². The van der Waals surface area contributed by atoms with E-state index in [9.17, 15) is 0 Å². The molecule has 1 aromatic carbocycles. The zero-order valence-electron chi connectivity index (χ0n) is 14.1. The van der Waals surface area contributed by atoms with E-state index in [1.54, 1.807) is 0 Å². The molecule has 0 spiro atoms. The number of nitrogens with one attached hydrogen (secondary N) is 1. The van der Waals surface area contributed by atoms with Crippen molar-refractivity contribution >= 4 is 17.3 Å². The summed E-state index contributed by atoms with van der Waals surface area (Å²) in [5, 5.41) is 3.63. The second-order valence-corrected chi connectivity index (χ2v) is 6.39. The number of hydrogen-bond acceptors (Lipinski definition) is 4. The zero-order chi connectivity index (χ0) is 16.1. The van der Waals surface area contributed by atoms with Gasteiger partial charge in [0, 0.05) is 24.8 Å². The molecule has 1 saturated carbocycles. The van der Waals surface area contributed by atoms with Gasteiger partial charge in [-0.15, -0.1) is 0 Å². The van der Waals surface area contributed by atoms with Crippen LogP contribution in [0.4, 0.5) is 17.3 Å². The minimum Gasteiger partial charge on any atom is -0.367 e. The summed E-state index contributed by atoms with van der Waals surface area (Å²) in [7, 11) is 2.05. The fourth-order valence-electron chi connectivity index (χ4n) is 3.21. The van der Waals surface area contributed by atoms with Crippen molar-refractivity contribution in [2.75, 3.05) is 17.3 Å². The van der Waals surface area contributed by atoms with Crippen molar-refractivity contribution in [1.82, 2.24) is 9.97 Å². The van der Waals surface area contributed by atoms with Crippen molar-refractivity contribution in [2.24, 2.45) is 0 Å². The van der Waals surface area contributed by atoms with Gasteiger partial charge in [0.1, 0.15) is 17.5 Å². The molecule has 4 nitrogen and oxygen atoms in total. The number of para-hydroxylation sites is 1. The SMILES string of the molecule is Cc1nc(NC2CCCCCC2)cc(N(C)c2ccccc2)n1. The molecule has 0 unspecified atom stereocenters. The Morgan fingerprint density at radius 2 is 1.70 bits per heavy atom. The summed E-state index contributed by atoms with van der Waals surface area (Å²) < 4.78 is 0. The maximum absolute atomic E-state index is 4.60. The van der Waals surface area contributed by atoms with Crippen LogP contribution in [0.15, 0.2) is 36.4 Å². The first-order valence-electron chi connectivity index (χ1n) is 8.63. The summed E-state index contributed by atoms with van der Waals surface area (Å²) in [6.45, 7) is 1.96. The van der Waals surface area contributed by atoms with E-state index in [4.69, 9.17) is 0 Å². The highest BCUT2D eigenvalue weighted by Gasteiger charge is 2.14. The molecule has 122 valence electrons. The Morgan fingerprint density at radius 3 is 2.39 bits per heavy atom. The van der Waals surface area contributed by atoms with Gasteiger partial charge in [-0.3, -0.25) is 0 Å². The highest BCUT2D eigenvalue weighted by molar-refractivity contribution is 5.61. The van der Waals surface area contributed by atoms with Gasteiger partial charge in [-0.1, -0.05) is 43.9 Å². The first-order valence-corrected chi connectivity index (χ1v) is 8.63. The second kappa shape index (κ2) is 7.44. The smallest absolute Gasteiger partial charge is 0.138 e. The normalized spacial score (nSPS) is 15.9. The minimum atomic E-state index is 0.543. The van der Waals surface area contributed by atoms with Gasteiger partial charge in [0.25, 0.3) is 0 Å². The Bertz CT molecular complexity index is 619. The fourth-order valence-corrected chi connectivity index (χ4v) is 3.21. The monoisotopic (exact) mass is 310 g/mol. The van der Waals surface area contributed by atoms with Crippen molar-refractivity contribution in [3.05, 3.63) is 42.2 Å². The van der Waals surface area contributed by atoms with E-state index in [1.807, 2.05) is 32.2 Å². The second-order valence-electron chi connectivity index (χ2n) is 6.39. The fraction of sp³-hybridized carbons (Fsp3) is 0.474. The Hall–Kier alpha value is -2.10. The van der Waals surface area contributed by atoms with E-state index < -0.39 is 0 Å². The Kier molecular flexibility index (Phi) is 5.11. The summed E-state index contributed by atoms with van der Waals surface area (Å²) in [5.41, 5.74) is 1.13. The van der Waals surface area contributed by atoms with Gasteiger partial charge in [-0.2, -0.15) is 0 Å². The summed E-state index contributed by atoms with van der Waals surface area (Å²) >= 11 is 0. The van der Waals surface area contributed by atoms with Crippen LogP contribution >= 0.6 is 0 Å². The Labute approximate surface area is 139 Å². The molecule has 0 atom stereocenters. The topological polar surface area (TPSA) is 41.1 Å². The zero-order valence-corrected chi connectivity index (χ0v) is 14.1. The predicted molar refractivity (Wildman–Crippen MR) is 96.4 cm³/mol. The lowest BCUT2D eigenvalue weighted by atomic mass is 10.1. The van der Waals surface area contributed by atoms with Crippen molar-refractivity contribution in [3.63, 3.8) is 0 Å². The Balaban J connectivity index is 1.78. The summed E-state index contributed by atoms with van der Waals surface area (Å²) in [5.74, 6) is 2.68. The number of aryl methyl sites for hydroxylation is 1. The molecule has 0 bridgehead atoms. The maximum Gasteiger partial charge on any atom is 0.138 e. The summed E-state index contributed by atoms with van der Waals surface area (Å²) in [6, 6.07) is 12.9. The molecule has 0 amide bonds. The molecule has 2 aromatic rings. The maximum atomic E-state index is 4.60. The molecule has 1 N–H and O–H groups in total. The molecule has 23 heavy (non-hydrogen) atoms. The van der Waals surface area contributed by atoms with Gasteiger partial charge >= 0.3 is 0 Å². The largest absolute Gasteiger partial charge is 0.367 e. The average Bonchev–Trinajstić information content (AvgIpc) is 2.83. The van der Waals surface area contributed by atoms with Crippen molar-refractivity contribution < 1.29 is 0 Å². The average molecular weight is 310 g/mol. The van der Waals surface area contributed by atoms with E-state index in [2.05, 4.69) is 38.4 Å². The van der Waals surface area contributed by atoms with E-state index in [0.29, 0.717) is 6.04 Å². The molecular weight excluding hydrogens is 284 g/mol. The van der Waals surface area contributed by atoms with E-state index in [0.717, 1.165) is 23.1 Å². The number of nitrogens with zero attached hydrogens (tertiary/aromatic N) is 3. The van der Waals surface area contributed by atoms with Gasteiger partial charge in [0.15, 0.2) is 0 Å². The molecule has 1 aromatic heterocycles. The number of hydrogen-bond donors (Lipinski definition) is 1. The lowest BCUT2D eigenvalue weighted by molar-refractivity contribution is 0.617. The number of benzene rings is 1. The van der Waals surface area contributed by atoms with Crippen molar-refractivity contribution in [3.8, 4) is 0 Å². The van der Waals surface area contributed by atoms with Crippen LogP contribution in [0.3, 0.4) is 0 Å². The van der Waals surface area contributed by atoms with Crippen LogP contribution in [0, 0.1) is 6.92 Å². The van der Waals surface area contributed by atoms with Gasteiger partial charge in [-0.25, -0.2) is 9.97 Å². The third-order valence-electron chi connectivity index (χ3n) is 4.52. The first kappa shape index (κ1) is 15.8. The van der Waals surface area contributed by atoms with Gasteiger partial charge < -0.3 is 10.2 Å². The first-order chi connectivity index (χ1) is 11.2. The van der Waals surface area contributed by atoms with E-state index in [-0.39, 0.29) is 0 Å². The van der Waals surface area contributed by atoms with Crippen LogP contribution in [0.25, 0.3) is 0 Å². The minimum absolute atomic E-state index is 0.543. The molecule has 1 heterocycles. The van der Waals surface area contributed by atoms with Crippen LogP contribution in [-0.2, 0) is 0 Å². The molecule has 0 saturated heterocycles. The highest BCUT2D eigenvalue weighted by atomic mass is 15.2. The third kappa shape index (κ3) is 4.21. The van der Waals surface area contributed by atoms with Crippen LogP contribution in [0.5, 0.6) is 0 Å². The third-order valence-corrected chi connectivity index (χ3v) is 4.52. The van der Waals surface area contributed by atoms with Gasteiger partial charge in [0.2, 0.25) is 0 Å². The molecule has 0 aliphatic heterocycles. The Morgan fingerprint density at radius 1 is 1.00 bits per heavy atom. The molecule has 1 aliphatic carbocycles. The van der Waals surface area contributed by atoms with Crippen molar-refractivity contribution in [2.45, 2.75) is 51.5 Å². The van der Waals surface area contributed by atoms with Crippen LogP contribution in [-0.4, -0.2) is 23.1 Å². The number of rotatable bonds is 4. The molecule has 0 radical (unpaired) electrons. The van der Waals surface area contributed by atoms with E-state index >= 15 is 0 Å². The molecule has 4 heteroatoms. The molecule has 1 fully saturated rings. The molecule has 1 aliphatic rings. The summed E-state index contributed by atoms with van der Waals surface area (Å²) in [4.78, 5) is 11.3. The van der Waals surface area contributed by atoms with E-state index in [1.165, 1.54) is 38.5 Å². The predicted octanol–water partition coefficient (Wildman–Crippen LogP) is 4.69. The quantitative estimate of drug-likeness (QED) is 0.832. The van der Waals surface area contributed by atoms with Crippen LogP contribution in [0.2, 0.25) is 0 Å². The van der Waals surface area contributed by atoms with Crippen LogP contribution in [0.1, 0.15) is 44.3 Å².